The van der Waals surface area contributed by atoms with Gasteiger partial charge in [-0.3, -0.25) is 16.3 Å². The monoisotopic (exact) mass is 269 g/mol. The highest BCUT2D eigenvalue weighted by Gasteiger charge is 2.27. The Balaban J connectivity index is 1.87. The van der Waals surface area contributed by atoms with Crippen LogP contribution in [0.25, 0.3) is 10.9 Å². The molecule has 3 heteroatoms. The highest BCUT2D eigenvalue weighted by Crippen LogP contribution is 2.36. The number of benzene rings is 1. The summed E-state index contributed by atoms with van der Waals surface area (Å²) in [7, 11) is 0. The van der Waals surface area contributed by atoms with Crippen LogP contribution in [0, 0.1) is 11.8 Å². The predicted octanol–water partition coefficient (Wildman–Crippen LogP) is 3.57. The van der Waals surface area contributed by atoms with Gasteiger partial charge in [0.2, 0.25) is 0 Å². The molecule has 1 unspecified atom stereocenters. The molecule has 20 heavy (non-hydrogen) atoms. The van der Waals surface area contributed by atoms with Gasteiger partial charge in [-0.15, -0.1) is 0 Å². The molecule has 0 radical (unpaired) electrons. The molecule has 1 aromatic heterocycles. The van der Waals surface area contributed by atoms with Crippen molar-refractivity contribution in [2.45, 2.75) is 38.6 Å². The summed E-state index contributed by atoms with van der Waals surface area (Å²) < 4.78 is 0. The summed E-state index contributed by atoms with van der Waals surface area (Å²) in [5.74, 6) is 7.28. The highest BCUT2D eigenvalue weighted by atomic mass is 15.2. The van der Waals surface area contributed by atoms with Crippen LogP contribution in [-0.4, -0.2) is 4.98 Å². The number of fused-ring (bicyclic) bond motifs is 1. The van der Waals surface area contributed by atoms with E-state index in [0.717, 1.165) is 17.1 Å². The average molecular weight is 269 g/mol. The van der Waals surface area contributed by atoms with Gasteiger partial charge in [-0.05, 0) is 36.8 Å². The first kappa shape index (κ1) is 13.5. The van der Waals surface area contributed by atoms with Gasteiger partial charge in [-0.2, -0.15) is 0 Å². The zero-order valence-electron chi connectivity index (χ0n) is 12.0. The summed E-state index contributed by atoms with van der Waals surface area (Å²) in [5, 5.41) is 1.18. The lowest BCUT2D eigenvalue weighted by atomic mass is 9.78. The van der Waals surface area contributed by atoms with Crippen LogP contribution in [0.15, 0.2) is 36.4 Å². The van der Waals surface area contributed by atoms with Crippen molar-refractivity contribution >= 4 is 10.9 Å². The molecule has 1 atom stereocenters. The third-order valence-electron chi connectivity index (χ3n) is 4.65. The van der Waals surface area contributed by atoms with Gasteiger partial charge in [0.15, 0.2) is 0 Å². The summed E-state index contributed by atoms with van der Waals surface area (Å²) in [6.07, 6.45) is 5.09. The average Bonchev–Trinajstić information content (AvgIpc) is 2.50. The number of rotatable bonds is 3. The zero-order valence-corrected chi connectivity index (χ0v) is 12.0. The standard InChI is InChI=1S/C17H23N3/c1-12-6-8-14(9-7-12)17(20-18)16-11-10-13-4-2-3-5-15(13)19-16/h2-5,10-12,14,17,20H,6-9,18H2,1H3. The number of pyridine rings is 1. The number of hydrazine groups is 1. The molecule has 1 heterocycles. The fraction of sp³-hybridized carbons (Fsp3) is 0.471. The van der Waals surface area contributed by atoms with Crippen LogP contribution in [-0.2, 0) is 0 Å². The maximum absolute atomic E-state index is 5.82. The molecular formula is C17H23N3. The SMILES string of the molecule is CC1CCC(C(NN)c2ccc3ccccc3n2)CC1. The second kappa shape index (κ2) is 5.90. The summed E-state index contributed by atoms with van der Waals surface area (Å²) in [6.45, 7) is 2.34. The van der Waals surface area contributed by atoms with Crippen LogP contribution in [0.2, 0.25) is 0 Å². The number of hydrogen-bond donors (Lipinski definition) is 2. The lowest BCUT2D eigenvalue weighted by Gasteiger charge is -2.32. The van der Waals surface area contributed by atoms with Gasteiger partial charge in [0, 0.05) is 5.39 Å². The van der Waals surface area contributed by atoms with Crippen molar-refractivity contribution in [1.29, 1.82) is 0 Å². The smallest absolute Gasteiger partial charge is 0.0706 e. The van der Waals surface area contributed by atoms with Crippen LogP contribution in [0.3, 0.4) is 0 Å². The molecular weight excluding hydrogens is 246 g/mol. The Labute approximate surface area is 120 Å². The summed E-state index contributed by atoms with van der Waals surface area (Å²) in [4.78, 5) is 4.80. The third-order valence-corrected chi connectivity index (χ3v) is 4.65. The fourth-order valence-corrected chi connectivity index (χ4v) is 3.34. The van der Waals surface area contributed by atoms with E-state index in [-0.39, 0.29) is 6.04 Å². The molecule has 1 saturated carbocycles. The van der Waals surface area contributed by atoms with Gasteiger partial charge < -0.3 is 0 Å². The molecule has 0 saturated heterocycles. The van der Waals surface area contributed by atoms with Crippen molar-refractivity contribution in [3.63, 3.8) is 0 Å². The lowest BCUT2D eigenvalue weighted by molar-refractivity contribution is 0.230. The summed E-state index contributed by atoms with van der Waals surface area (Å²) >= 11 is 0. The van der Waals surface area contributed by atoms with Crippen molar-refractivity contribution in [3.05, 3.63) is 42.1 Å². The van der Waals surface area contributed by atoms with Crippen LogP contribution >= 0.6 is 0 Å². The number of nitrogens with zero attached hydrogens (tertiary/aromatic N) is 1. The Bertz CT molecular complexity index is 573. The van der Waals surface area contributed by atoms with Crippen molar-refractivity contribution in [3.8, 4) is 0 Å². The van der Waals surface area contributed by atoms with E-state index in [9.17, 15) is 0 Å². The number of nitrogens with two attached hydrogens (primary N) is 1. The second-order valence-corrected chi connectivity index (χ2v) is 6.09. The minimum atomic E-state index is 0.173. The molecule has 0 aliphatic heterocycles. The molecule has 3 N–H and O–H groups in total. The maximum Gasteiger partial charge on any atom is 0.0706 e. The molecule has 3 nitrogen and oxygen atoms in total. The van der Waals surface area contributed by atoms with Gasteiger partial charge >= 0.3 is 0 Å². The Hall–Kier alpha value is -1.45. The number of para-hydroxylation sites is 1. The number of hydrogen-bond acceptors (Lipinski definition) is 3. The van der Waals surface area contributed by atoms with Crippen molar-refractivity contribution in [1.82, 2.24) is 10.4 Å². The first-order chi connectivity index (χ1) is 9.78. The normalized spacial score (nSPS) is 24.7. The Kier molecular flexibility index (Phi) is 3.99. The molecule has 1 aliphatic carbocycles. The van der Waals surface area contributed by atoms with E-state index in [1.807, 2.05) is 12.1 Å². The lowest BCUT2D eigenvalue weighted by Crippen LogP contribution is -2.35. The quantitative estimate of drug-likeness (QED) is 0.661. The van der Waals surface area contributed by atoms with Crippen LogP contribution < -0.4 is 11.3 Å². The molecule has 106 valence electrons. The number of aromatic nitrogens is 1. The maximum atomic E-state index is 5.82. The molecule has 1 aliphatic rings. The van der Waals surface area contributed by atoms with Gasteiger partial charge in [-0.25, -0.2) is 0 Å². The molecule has 1 fully saturated rings. The van der Waals surface area contributed by atoms with Crippen molar-refractivity contribution < 1.29 is 0 Å². The van der Waals surface area contributed by atoms with Gasteiger partial charge in [0.25, 0.3) is 0 Å². The van der Waals surface area contributed by atoms with Gasteiger partial charge in [0.05, 0.1) is 17.3 Å². The van der Waals surface area contributed by atoms with E-state index in [1.165, 1.54) is 31.1 Å². The van der Waals surface area contributed by atoms with Gasteiger partial charge in [0.1, 0.15) is 0 Å². The van der Waals surface area contributed by atoms with E-state index < -0.39 is 0 Å². The van der Waals surface area contributed by atoms with E-state index in [2.05, 4.69) is 36.6 Å². The molecule has 0 spiro atoms. The topological polar surface area (TPSA) is 50.9 Å². The molecule has 0 amide bonds. The van der Waals surface area contributed by atoms with Crippen LogP contribution in [0.4, 0.5) is 0 Å². The van der Waals surface area contributed by atoms with E-state index in [0.29, 0.717) is 5.92 Å². The Morgan fingerprint density at radius 2 is 1.85 bits per heavy atom. The molecule has 2 aromatic rings. The van der Waals surface area contributed by atoms with Gasteiger partial charge in [-0.1, -0.05) is 44.0 Å². The van der Waals surface area contributed by atoms with Crippen LogP contribution in [0.1, 0.15) is 44.3 Å². The Morgan fingerprint density at radius 3 is 2.60 bits per heavy atom. The minimum Gasteiger partial charge on any atom is -0.271 e. The molecule has 3 rings (SSSR count). The number of nitrogens with one attached hydrogen (secondary N) is 1. The predicted molar refractivity (Wildman–Crippen MR) is 82.9 cm³/mol. The molecule has 1 aromatic carbocycles. The van der Waals surface area contributed by atoms with Crippen LogP contribution in [0.5, 0.6) is 0 Å². The largest absolute Gasteiger partial charge is 0.271 e. The second-order valence-electron chi connectivity index (χ2n) is 6.09. The third kappa shape index (κ3) is 2.69. The van der Waals surface area contributed by atoms with Crippen molar-refractivity contribution in [2.24, 2.45) is 17.7 Å². The van der Waals surface area contributed by atoms with E-state index >= 15 is 0 Å². The van der Waals surface area contributed by atoms with E-state index in [1.54, 1.807) is 0 Å². The first-order valence-electron chi connectivity index (χ1n) is 7.59. The highest BCUT2D eigenvalue weighted by molar-refractivity contribution is 5.78. The van der Waals surface area contributed by atoms with Crippen molar-refractivity contribution in [2.75, 3.05) is 0 Å². The Morgan fingerprint density at radius 1 is 1.10 bits per heavy atom. The minimum absolute atomic E-state index is 0.173. The summed E-state index contributed by atoms with van der Waals surface area (Å²) in [6, 6.07) is 12.7. The molecule has 0 bridgehead atoms. The zero-order chi connectivity index (χ0) is 13.9. The summed E-state index contributed by atoms with van der Waals surface area (Å²) in [5.41, 5.74) is 5.13. The first-order valence-corrected chi connectivity index (χ1v) is 7.59. The van der Waals surface area contributed by atoms with E-state index in [4.69, 9.17) is 10.8 Å². The fourth-order valence-electron chi connectivity index (χ4n) is 3.34.